The van der Waals surface area contributed by atoms with Gasteiger partial charge < -0.3 is 20.9 Å². The molecule has 0 saturated carbocycles. The van der Waals surface area contributed by atoms with E-state index in [0.717, 1.165) is 0 Å². The van der Waals surface area contributed by atoms with Crippen LogP contribution in [-0.2, 0) is 16.1 Å². The molecule has 0 aliphatic heterocycles. The SMILES string of the molecule is CC(O)C(OC(N)=O)C(=O)NCc1cccc(Cl)c1F. The lowest BCUT2D eigenvalue weighted by molar-refractivity contribution is -0.134. The van der Waals surface area contributed by atoms with Crippen LogP contribution >= 0.6 is 11.6 Å². The number of amides is 2. The molecule has 2 unspecified atom stereocenters. The molecule has 0 aliphatic rings. The Morgan fingerprint density at radius 2 is 2.20 bits per heavy atom. The van der Waals surface area contributed by atoms with Crippen LogP contribution < -0.4 is 11.1 Å². The lowest BCUT2D eigenvalue weighted by Gasteiger charge is -2.18. The molecule has 0 aromatic heterocycles. The molecule has 8 heteroatoms. The number of hydrogen-bond acceptors (Lipinski definition) is 4. The number of benzene rings is 1. The van der Waals surface area contributed by atoms with Crippen molar-refractivity contribution in [3.8, 4) is 0 Å². The van der Waals surface area contributed by atoms with Crippen LogP contribution in [0.1, 0.15) is 12.5 Å². The maximum Gasteiger partial charge on any atom is 0.405 e. The number of nitrogens with one attached hydrogen (secondary N) is 1. The Bertz CT molecular complexity index is 510. The van der Waals surface area contributed by atoms with E-state index in [0.29, 0.717) is 0 Å². The minimum Gasteiger partial charge on any atom is -0.433 e. The minimum absolute atomic E-state index is 0.0720. The molecule has 0 fully saturated rings. The predicted molar refractivity (Wildman–Crippen MR) is 69.4 cm³/mol. The van der Waals surface area contributed by atoms with Gasteiger partial charge in [0, 0.05) is 12.1 Å². The van der Waals surface area contributed by atoms with E-state index in [9.17, 15) is 19.1 Å². The van der Waals surface area contributed by atoms with Crippen LogP contribution in [0.5, 0.6) is 0 Å². The maximum absolute atomic E-state index is 13.6. The molecule has 0 spiro atoms. The molecule has 0 radical (unpaired) electrons. The standard InChI is InChI=1S/C12H14ClFN2O4/c1-6(17)10(20-12(15)19)11(18)16-5-7-3-2-4-8(13)9(7)14/h2-4,6,10,17H,5H2,1H3,(H2,15,19)(H,16,18). The first kappa shape index (κ1) is 16.2. The molecule has 4 N–H and O–H groups in total. The highest BCUT2D eigenvalue weighted by Gasteiger charge is 2.27. The third kappa shape index (κ3) is 4.36. The molecule has 1 aromatic carbocycles. The Balaban J connectivity index is 2.70. The largest absolute Gasteiger partial charge is 0.433 e. The van der Waals surface area contributed by atoms with Gasteiger partial charge in [0.1, 0.15) is 5.82 Å². The Labute approximate surface area is 119 Å². The fraction of sp³-hybridized carbons (Fsp3) is 0.333. The number of primary amides is 1. The van der Waals surface area contributed by atoms with E-state index < -0.39 is 30.0 Å². The first-order valence-corrected chi connectivity index (χ1v) is 6.05. The molecule has 0 aliphatic carbocycles. The van der Waals surface area contributed by atoms with Gasteiger partial charge in [-0.2, -0.15) is 0 Å². The van der Waals surface area contributed by atoms with Crippen LogP contribution in [0.2, 0.25) is 5.02 Å². The summed E-state index contributed by atoms with van der Waals surface area (Å²) >= 11 is 5.60. The number of ether oxygens (including phenoxy) is 1. The third-order valence-corrected chi connectivity index (χ3v) is 2.72. The minimum atomic E-state index is -1.46. The van der Waals surface area contributed by atoms with Crippen molar-refractivity contribution in [1.82, 2.24) is 5.32 Å². The number of nitrogens with two attached hydrogens (primary N) is 1. The molecule has 0 saturated heterocycles. The zero-order valence-electron chi connectivity index (χ0n) is 10.6. The van der Waals surface area contributed by atoms with Crippen LogP contribution in [0.25, 0.3) is 0 Å². The highest BCUT2D eigenvalue weighted by Crippen LogP contribution is 2.17. The van der Waals surface area contributed by atoms with Crippen LogP contribution in [0.3, 0.4) is 0 Å². The number of aliphatic hydroxyl groups excluding tert-OH is 1. The van der Waals surface area contributed by atoms with Gasteiger partial charge in [-0.15, -0.1) is 0 Å². The van der Waals surface area contributed by atoms with E-state index in [1.807, 2.05) is 0 Å². The molecule has 2 atom stereocenters. The fourth-order valence-electron chi connectivity index (χ4n) is 1.46. The Kier molecular flexibility index (Phi) is 5.72. The van der Waals surface area contributed by atoms with Crippen molar-refractivity contribution in [2.24, 2.45) is 5.73 Å². The van der Waals surface area contributed by atoms with Gasteiger partial charge in [0.2, 0.25) is 6.10 Å². The summed E-state index contributed by atoms with van der Waals surface area (Å²) in [7, 11) is 0. The molecule has 1 aromatic rings. The topological polar surface area (TPSA) is 102 Å². The molecular weight excluding hydrogens is 291 g/mol. The second kappa shape index (κ2) is 7.06. The third-order valence-electron chi connectivity index (χ3n) is 2.42. The van der Waals surface area contributed by atoms with E-state index >= 15 is 0 Å². The van der Waals surface area contributed by atoms with Crippen molar-refractivity contribution in [1.29, 1.82) is 0 Å². The van der Waals surface area contributed by atoms with Crippen molar-refractivity contribution in [2.75, 3.05) is 0 Å². The van der Waals surface area contributed by atoms with Crippen molar-refractivity contribution < 1.29 is 23.8 Å². The molecule has 20 heavy (non-hydrogen) atoms. The molecule has 110 valence electrons. The summed E-state index contributed by atoms with van der Waals surface area (Å²) < 4.78 is 18.1. The monoisotopic (exact) mass is 304 g/mol. The average molecular weight is 305 g/mol. The molecule has 0 heterocycles. The number of carbonyl (C=O) groups is 2. The van der Waals surface area contributed by atoms with Gasteiger partial charge in [-0.1, -0.05) is 23.7 Å². The van der Waals surface area contributed by atoms with E-state index in [-0.39, 0.29) is 17.1 Å². The van der Waals surface area contributed by atoms with Gasteiger partial charge in [-0.05, 0) is 13.0 Å². The smallest absolute Gasteiger partial charge is 0.405 e. The van der Waals surface area contributed by atoms with Gasteiger partial charge in [-0.25, -0.2) is 9.18 Å². The Morgan fingerprint density at radius 3 is 2.75 bits per heavy atom. The van der Waals surface area contributed by atoms with E-state index in [2.05, 4.69) is 10.1 Å². The molecular formula is C12H14ClFN2O4. The van der Waals surface area contributed by atoms with E-state index in [1.165, 1.54) is 25.1 Å². The second-order valence-electron chi connectivity index (χ2n) is 4.03. The summed E-state index contributed by atoms with van der Waals surface area (Å²) in [5.74, 6) is -1.45. The first-order chi connectivity index (χ1) is 9.32. The summed E-state index contributed by atoms with van der Waals surface area (Å²) in [5.41, 5.74) is 4.95. The van der Waals surface area contributed by atoms with Gasteiger partial charge in [0.25, 0.3) is 5.91 Å². The number of hydrogen-bond donors (Lipinski definition) is 3. The lowest BCUT2D eigenvalue weighted by Crippen LogP contribution is -2.44. The second-order valence-corrected chi connectivity index (χ2v) is 4.44. The van der Waals surface area contributed by atoms with Crippen molar-refractivity contribution in [2.45, 2.75) is 25.7 Å². The Hall–Kier alpha value is -1.86. The van der Waals surface area contributed by atoms with Crippen LogP contribution in [-0.4, -0.2) is 29.3 Å². The average Bonchev–Trinajstić information content (AvgIpc) is 2.37. The zero-order valence-corrected chi connectivity index (χ0v) is 11.4. The molecule has 1 rings (SSSR count). The highest BCUT2D eigenvalue weighted by atomic mass is 35.5. The lowest BCUT2D eigenvalue weighted by atomic mass is 10.2. The van der Waals surface area contributed by atoms with E-state index in [4.69, 9.17) is 17.3 Å². The van der Waals surface area contributed by atoms with Gasteiger partial charge in [0.05, 0.1) is 11.1 Å². The molecule has 6 nitrogen and oxygen atoms in total. The van der Waals surface area contributed by atoms with Gasteiger partial charge in [-0.3, -0.25) is 4.79 Å². The number of rotatable bonds is 5. The summed E-state index contributed by atoms with van der Waals surface area (Å²) in [6, 6.07) is 4.34. The summed E-state index contributed by atoms with van der Waals surface area (Å²) in [6.45, 7) is 1.09. The maximum atomic E-state index is 13.6. The van der Waals surface area contributed by atoms with Crippen molar-refractivity contribution in [3.05, 3.63) is 34.6 Å². The quantitative estimate of drug-likeness (QED) is 0.753. The Morgan fingerprint density at radius 1 is 1.55 bits per heavy atom. The highest BCUT2D eigenvalue weighted by molar-refractivity contribution is 6.30. The van der Waals surface area contributed by atoms with E-state index in [1.54, 1.807) is 0 Å². The van der Waals surface area contributed by atoms with Crippen molar-refractivity contribution >= 4 is 23.6 Å². The molecule has 2 amide bonds. The van der Waals surface area contributed by atoms with Crippen molar-refractivity contribution in [3.63, 3.8) is 0 Å². The number of halogens is 2. The summed E-state index contributed by atoms with van der Waals surface area (Å²) in [4.78, 5) is 22.4. The number of aliphatic hydroxyl groups is 1. The summed E-state index contributed by atoms with van der Waals surface area (Å²) in [5, 5.41) is 11.6. The van der Waals surface area contributed by atoms with Gasteiger partial charge >= 0.3 is 6.09 Å². The van der Waals surface area contributed by atoms with Crippen LogP contribution in [0.15, 0.2) is 18.2 Å². The first-order valence-electron chi connectivity index (χ1n) is 5.67. The van der Waals surface area contributed by atoms with Gasteiger partial charge in [0.15, 0.2) is 0 Å². The molecule has 0 bridgehead atoms. The van der Waals surface area contributed by atoms with Crippen LogP contribution in [0, 0.1) is 5.82 Å². The number of carbonyl (C=O) groups excluding carboxylic acids is 2. The summed E-state index contributed by atoms with van der Waals surface area (Å²) in [6.07, 6.45) is -3.92. The zero-order chi connectivity index (χ0) is 15.3. The fourth-order valence-corrected chi connectivity index (χ4v) is 1.66. The predicted octanol–water partition coefficient (Wildman–Crippen LogP) is 0.940. The van der Waals surface area contributed by atoms with Crippen LogP contribution in [0.4, 0.5) is 9.18 Å². The normalized spacial score (nSPS) is 13.4.